The lowest BCUT2D eigenvalue weighted by Crippen LogP contribution is -2.30. The molecule has 0 aliphatic heterocycles. The quantitative estimate of drug-likeness (QED) is 0.588. The first kappa shape index (κ1) is 15.9. The van der Waals surface area contributed by atoms with Crippen LogP contribution in [0.2, 0.25) is 0 Å². The van der Waals surface area contributed by atoms with E-state index in [4.69, 9.17) is 5.73 Å². The van der Waals surface area contributed by atoms with Gasteiger partial charge in [-0.3, -0.25) is 9.59 Å². The Balaban J connectivity index is 3.75. The highest BCUT2D eigenvalue weighted by Gasteiger charge is 2.10. The van der Waals surface area contributed by atoms with Crippen LogP contribution in [0.25, 0.3) is 0 Å². The van der Waals surface area contributed by atoms with Crippen molar-refractivity contribution in [1.82, 2.24) is 5.32 Å². The third-order valence-electron chi connectivity index (χ3n) is 2.71. The molecule has 0 aliphatic carbocycles. The van der Waals surface area contributed by atoms with Crippen molar-refractivity contribution in [3.05, 3.63) is 0 Å². The smallest absolute Gasteiger partial charge is 0.325 e. The minimum absolute atomic E-state index is 0.0509. The average molecular weight is 244 g/mol. The van der Waals surface area contributed by atoms with Crippen molar-refractivity contribution >= 4 is 11.9 Å². The molecule has 0 bridgehead atoms. The van der Waals surface area contributed by atoms with Crippen molar-refractivity contribution in [2.75, 3.05) is 20.2 Å². The first-order valence-electron chi connectivity index (χ1n) is 6.17. The first-order chi connectivity index (χ1) is 8.13. The molecular formula is C12H24N2O3. The summed E-state index contributed by atoms with van der Waals surface area (Å²) in [5.41, 5.74) is 5.52. The van der Waals surface area contributed by atoms with Crippen molar-refractivity contribution in [2.45, 2.75) is 39.0 Å². The molecule has 0 heterocycles. The molecule has 0 fully saturated rings. The number of hydrogen-bond acceptors (Lipinski definition) is 4. The minimum atomic E-state index is -0.426. The van der Waals surface area contributed by atoms with Gasteiger partial charge in [0.15, 0.2) is 0 Å². The molecule has 1 atom stereocenters. The van der Waals surface area contributed by atoms with Gasteiger partial charge < -0.3 is 15.8 Å². The number of nitrogens with two attached hydrogens (primary N) is 1. The number of carbonyl (C=O) groups is 2. The molecule has 0 rings (SSSR count). The largest absolute Gasteiger partial charge is 0.468 e. The second-order valence-corrected chi connectivity index (χ2v) is 4.12. The molecule has 0 spiro atoms. The molecule has 0 aromatic rings. The summed E-state index contributed by atoms with van der Waals surface area (Å²) in [6.07, 6.45) is 4.44. The lowest BCUT2D eigenvalue weighted by Gasteiger charge is -2.14. The molecule has 0 radical (unpaired) electrons. The van der Waals surface area contributed by atoms with E-state index in [2.05, 4.69) is 17.0 Å². The fraction of sp³-hybridized carbons (Fsp3) is 0.833. The maximum absolute atomic E-state index is 11.4. The highest BCUT2D eigenvalue weighted by molar-refractivity contribution is 5.81. The van der Waals surface area contributed by atoms with Gasteiger partial charge in [0.2, 0.25) is 5.91 Å². The van der Waals surface area contributed by atoms with Gasteiger partial charge >= 0.3 is 5.97 Å². The van der Waals surface area contributed by atoms with Crippen LogP contribution < -0.4 is 11.1 Å². The van der Waals surface area contributed by atoms with E-state index in [1.165, 1.54) is 7.11 Å². The van der Waals surface area contributed by atoms with E-state index in [1.54, 1.807) is 0 Å². The van der Waals surface area contributed by atoms with Gasteiger partial charge in [0.1, 0.15) is 6.54 Å². The van der Waals surface area contributed by atoms with Gasteiger partial charge in [-0.15, -0.1) is 0 Å². The first-order valence-corrected chi connectivity index (χ1v) is 6.17. The van der Waals surface area contributed by atoms with E-state index in [9.17, 15) is 9.59 Å². The topological polar surface area (TPSA) is 81.4 Å². The molecule has 1 amide bonds. The fourth-order valence-corrected chi connectivity index (χ4v) is 1.74. The Morgan fingerprint density at radius 3 is 2.53 bits per heavy atom. The van der Waals surface area contributed by atoms with Crippen LogP contribution in [0, 0.1) is 5.92 Å². The van der Waals surface area contributed by atoms with Crippen LogP contribution in [0.3, 0.4) is 0 Å². The molecule has 17 heavy (non-hydrogen) atoms. The van der Waals surface area contributed by atoms with Gasteiger partial charge in [0.25, 0.3) is 0 Å². The minimum Gasteiger partial charge on any atom is -0.468 e. The summed E-state index contributed by atoms with van der Waals surface area (Å²) in [6.45, 7) is 2.74. The normalized spacial score (nSPS) is 11.9. The van der Waals surface area contributed by atoms with Gasteiger partial charge in [-0.25, -0.2) is 0 Å². The van der Waals surface area contributed by atoms with Crippen LogP contribution in [0.15, 0.2) is 0 Å². The Labute approximate surface area is 103 Å². The highest BCUT2D eigenvalue weighted by Crippen LogP contribution is 2.16. The number of hydrogen-bond donors (Lipinski definition) is 2. The van der Waals surface area contributed by atoms with Crippen LogP contribution in [-0.4, -0.2) is 32.1 Å². The molecule has 0 aliphatic rings. The van der Waals surface area contributed by atoms with Crippen LogP contribution in [0.4, 0.5) is 0 Å². The maximum Gasteiger partial charge on any atom is 0.325 e. The fourth-order valence-electron chi connectivity index (χ4n) is 1.74. The van der Waals surface area contributed by atoms with Crippen LogP contribution >= 0.6 is 0 Å². The van der Waals surface area contributed by atoms with E-state index in [1.807, 2.05) is 0 Å². The molecule has 100 valence electrons. The Morgan fingerprint density at radius 2 is 2.00 bits per heavy atom. The van der Waals surface area contributed by atoms with Gasteiger partial charge in [-0.05, 0) is 25.3 Å². The summed E-state index contributed by atoms with van der Waals surface area (Å²) in [5, 5.41) is 2.53. The van der Waals surface area contributed by atoms with E-state index in [0.29, 0.717) is 18.9 Å². The number of esters is 1. The van der Waals surface area contributed by atoms with E-state index < -0.39 is 5.97 Å². The Morgan fingerprint density at radius 1 is 1.29 bits per heavy atom. The van der Waals surface area contributed by atoms with Crippen molar-refractivity contribution < 1.29 is 14.3 Å². The molecule has 1 unspecified atom stereocenters. The zero-order chi connectivity index (χ0) is 13.1. The van der Waals surface area contributed by atoms with Crippen LogP contribution in [0.1, 0.15) is 39.0 Å². The Kier molecular flexibility index (Phi) is 9.43. The number of rotatable bonds is 9. The molecule has 0 aromatic carbocycles. The van der Waals surface area contributed by atoms with Crippen molar-refractivity contribution in [1.29, 1.82) is 0 Å². The zero-order valence-corrected chi connectivity index (χ0v) is 10.8. The molecule has 0 saturated heterocycles. The average Bonchev–Trinajstić information content (AvgIpc) is 2.33. The predicted octanol–water partition coefficient (Wildman–Crippen LogP) is 0.821. The van der Waals surface area contributed by atoms with Crippen molar-refractivity contribution in [3.8, 4) is 0 Å². The second-order valence-electron chi connectivity index (χ2n) is 4.12. The van der Waals surface area contributed by atoms with Gasteiger partial charge in [0.05, 0.1) is 7.11 Å². The summed E-state index contributed by atoms with van der Waals surface area (Å²) in [6, 6.07) is 0. The van der Waals surface area contributed by atoms with Gasteiger partial charge in [0, 0.05) is 6.42 Å². The van der Waals surface area contributed by atoms with E-state index in [0.717, 1.165) is 25.7 Å². The van der Waals surface area contributed by atoms with Crippen molar-refractivity contribution in [2.24, 2.45) is 11.7 Å². The number of nitrogens with one attached hydrogen (secondary N) is 1. The number of methoxy groups -OCH3 is 1. The summed E-state index contributed by atoms with van der Waals surface area (Å²) in [7, 11) is 1.30. The second kappa shape index (κ2) is 10.1. The van der Waals surface area contributed by atoms with Crippen LogP contribution in [0.5, 0.6) is 0 Å². The molecule has 3 N–H and O–H groups in total. The lowest BCUT2D eigenvalue weighted by molar-refractivity contribution is -0.141. The zero-order valence-electron chi connectivity index (χ0n) is 10.8. The third-order valence-corrected chi connectivity index (χ3v) is 2.71. The highest BCUT2D eigenvalue weighted by atomic mass is 16.5. The SMILES string of the molecule is CCCC(CCN)CCC(=O)NCC(=O)OC. The van der Waals surface area contributed by atoms with Crippen molar-refractivity contribution in [3.63, 3.8) is 0 Å². The maximum atomic E-state index is 11.4. The monoisotopic (exact) mass is 244 g/mol. The Hall–Kier alpha value is -1.10. The molecule has 0 saturated carbocycles. The van der Waals surface area contributed by atoms with Gasteiger partial charge in [-0.2, -0.15) is 0 Å². The molecular weight excluding hydrogens is 220 g/mol. The molecule has 5 heteroatoms. The van der Waals surface area contributed by atoms with E-state index >= 15 is 0 Å². The Bertz CT molecular complexity index is 226. The number of amides is 1. The van der Waals surface area contributed by atoms with Gasteiger partial charge in [-0.1, -0.05) is 19.8 Å². The molecule has 5 nitrogen and oxygen atoms in total. The molecule has 0 aromatic heterocycles. The number of ether oxygens (including phenoxy) is 1. The summed E-state index contributed by atoms with van der Waals surface area (Å²) in [5.74, 6) is -0.0205. The summed E-state index contributed by atoms with van der Waals surface area (Å²) in [4.78, 5) is 22.2. The van der Waals surface area contributed by atoms with E-state index in [-0.39, 0.29) is 12.5 Å². The van der Waals surface area contributed by atoms with Crippen LogP contribution in [-0.2, 0) is 14.3 Å². The standard InChI is InChI=1S/C12H24N2O3/c1-3-4-10(7-8-13)5-6-11(15)14-9-12(16)17-2/h10H,3-9,13H2,1-2H3,(H,14,15). The summed E-state index contributed by atoms with van der Waals surface area (Å²) >= 11 is 0. The third kappa shape index (κ3) is 8.68. The summed E-state index contributed by atoms with van der Waals surface area (Å²) < 4.78 is 4.43. The predicted molar refractivity (Wildman–Crippen MR) is 66.3 cm³/mol. The lowest BCUT2D eigenvalue weighted by atomic mass is 9.94. The number of carbonyl (C=O) groups excluding carboxylic acids is 2.